The molecule has 0 unspecified atom stereocenters. The number of hydrogen-bond acceptors (Lipinski definition) is 2. The van der Waals surface area contributed by atoms with Gasteiger partial charge in [-0.3, -0.25) is 4.79 Å². The number of aromatic nitrogens is 2. The molecule has 186 valence electrons. The van der Waals surface area contributed by atoms with E-state index in [1.54, 1.807) is 12.1 Å². The summed E-state index contributed by atoms with van der Waals surface area (Å²) in [5, 5.41) is 3.17. The van der Waals surface area contributed by atoms with Crippen LogP contribution in [0, 0.1) is 0 Å². The molecule has 1 aliphatic rings. The van der Waals surface area contributed by atoms with Crippen molar-refractivity contribution < 1.29 is 18.0 Å². The summed E-state index contributed by atoms with van der Waals surface area (Å²) in [6.07, 6.45) is 3.76. The average molecular weight is 492 g/mol. The molecule has 36 heavy (non-hydrogen) atoms. The quantitative estimate of drug-likeness (QED) is 0.314. The zero-order valence-corrected chi connectivity index (χ0v) is 19.9. The number of aryl methyl sites for hydroxylation is 1. The third kappa shape index (κ3) is 5.30. The molecule has 7 heteroatoms. The first-order chi connectivity index (χ1) is 17.4. The number of imidazole rings is 1. The third-order valence-electron chi connectivity index (χ3n) is 6.85. The topological polar surface area (TPSA) is 46.4 Å². The van der Waals surface area contributed by atoms with E-state index in [0.717, 1.165) is 54.8 Å². The van der Waals surface area contributed by atoms with Gasteiger partial charge in [0.1, 0.15) is 5.65 Å². The molecule has 2 aromatic carbocycles. The van der Waals surface area contributed by atoms with Crippen molar-refractivity contribution >= 4 is 11.6 Å². The van der Waals surface area contributed by atoms with Crippen molar-refractivity contribution in [2.75, 3.05) is 0 Å². The van der Waals surface area contributed by atoms with Crippen molar-refractivity contribution in [3.63, 3.8) is 0 Å². The zero-order valence-electron chi connectivity index (χ0n) is 19.9. The molecule has 5 rings (SSSR count). The lowest BCUT2D eigenvalue weighted by Gasteiger charge is -2.22. The molecule has 1 N–H and O–H groups in total. The minimum atomic E-state index is -4.41. The van der Waals surface area contributed by atoms with Crippen LogP contribution in [-0.2, 0) is 17.4 Å². The SMILES string of the molecule is O=C(CCc1c(-c2ccccc2)nc2ccc(-c3cccc(C(F)(F)F)c3)cn12)NC1CCCCC1. The van der Waals surface area contributed by atoms with Crippen molar-refractivity contribution in [1.29, 1.82) is 0 Å². The maximum atomic E-state index is 13.3. The van der Waals surface area contributed by atoms with Gasteiger partial charge in [0.15, 0.2) is 0 Å². The number of alkyl halides is 3. The van der Waals surface area contributed by atoms with Crippen molar-refractivity contribution in [2.24, 2.45) is 0 Å². The van der Waals surface area contributed by atoms with E-state index in [0.29, 0.717) is 29.6 Å². The first-order valence-electron chi connectivity index (χ1n) is 12.4. The summed E-state index contributed by atoms with van der Waals surface area (Å²) < 4.78 is 41.8. The van der Waals surface area contributed by atoms with Crippen molar-refractivity contribution in [3.8, 4) is 22.4 Å². The van der Waals surface area contributed by atoms with Gasteiger partial charge in [0.2, 0.25) is 5.91 Å². The molecular weight excluding hydrogens is 463 g/mol. The number of benzene rings is 2. The predicted octanol–water partition coefficient (Wildman–Crippen LogP) is 7.07. The Morgan fingerprint density at radius 2 is 1.67 bits per heavy atom. The Morgan fingerprint density at radius 3 is 2.42 bits per heavy atom. The Bertz CT molecular complexity index is 1360. The normalized spacial score (nSPS) is 14.8. The molecule has 0 atom stereocenters. The summed E-state index contributed by atoms with van der Waals surface area (Å²) in [5.41, 5.74) is 3.71. The molecule has 1 aliphatic carbocycles. The summed E-state index contributed by atoms with van der Waals surface area (Å²) in [6.45, 7) is 0. The first-order valence-corrected chi connectivity index (χ1v) is 12.4. The van der Waals surface area contributed by atoms with Gasteiger partial charge in [0, 0.05) is 24.2 Å². The number of fused-ring (bicyclic) bond motifs is 1. The summed E-state index contributed by atoms with van der Waals surface area (Å²) >= 11 is 0. The smallest absolute Gasteiger partial charge is 0.353 e. The standard InChI is InChI=1S/C29H28F3N3O/c30-29(31,32)23-11-7-10-21(18-23)22-14-16-26-34-28(20-8-3-1-4-9-20)25(35(26)19-22)15-17-27(36)33-24-12-5-2-6-13-24/h1,3-4,7-11,14,16,18-19,24H,2,5-6,12-13,15,17H2,(H,33,36). The van der Waals surface area contributed by atoms with Gasteiger partial charge >= 0.3 is 6.18 Å². The molecule has 4 aromatic rings. The molecule has 0 bridgehead atoms. The third-order valence-corrected chi connectivity index (χ3v) is 6.85. The largest absolute Gasteiger partial charge is 0.416 e. The Kier molecular flexibility index (Phi) is 6.81. The fourth-order valence-corrected chi connectivity index (χ4v) is 4.98. The number of nitrogens with zero attached hydrogens (tertiary/aromatic N) is 2. The van der Waals surface area contributed by atoms with Crippen LogP contribution < -0.4 is 5.32 Å². The van der Waals surface area contributed by atoms with Gasteiger partial charge in [-0.05, 0) is 54.7 Å². The monoisotopic (exact) mass is 491 g/mol. The number of carbonyl (C=O) groups is 1. The molecule has 0 radical (unpaired) electrons. The molecule has 2 heterocycles. The second-order valence-corrected chi connectivity index (χ2v) is 9.40. The molecular formula is C29H28F3N3O. The van der Waals surface area contributed by atoms with E-state index in [4.69, 9.17) is 4.98 Å². The maximum absolute atomic E-state index is 13.3. The van der Waals surface area contributed by atoms with Gasteiger partial charge in [-0.2, -0.15) is 13.2 Å². The van der Waals surface area contributed by atoms with E-state index in [9.17, 15) is 18.0 Å². The van der Waals surface area contributed by atoms with Gasteiger partial charge in [0.05, 0.1) is 17.0 Å². The molecule has 1 amide bonds. The van der Waals surface area contributed by atoms with Gasteiger partial charge in [-0.1, -0.05) is 61.7 Å². The van der Waals surface area contributed by atoms with Gasteiger partial charge < -0.3 is 9.72 Å². The van der Waals surface area contributed by atoms with Crippen molar-refractivity contribution in [3.05, 3.63) is 84.2 Å². The van der Waals surface area contributed by atoms with E-state index < -0.39 is 11.7 Å². The highest BCUT2D eigenvalue weighted by molar-refractivity contribution is 5.77. The minimum Gasteiger partial charge on any atom is -0.353 e. The van der Waals surface area contributed by atoms with Crippen LogP contribution in [0.3, 0.4) is 0 Å². The molecule has 0 saturated heterocycles. The second kappa shape index (κ2) is 10.2. The van der Waals surface area contributed by atoms with E-state index in [-0.39, 0.29) is 11.9 Å². The fraction of sp³-hybridized carbons (Fsp3) is 0.310. The minimum absolute atomic E-state index is 0.0184. The molecule has 1 saturated carbocycles. The summed E-state index contributed by atoms with van der Waals surface area (Å²) in [4.78, 5) is 17.6. The average Bonchev–Trinajstić information content (AvgIpc) is 3.26. The van der Waals surface area contributed by atoms with Crippen LogP contribution in [0.2, 0.25) is 0 Å². The zero-order chi connectivity index (χ0) is 25.1. The first kappa shape index (κ1) is 24.1. The maximum Gasteiger partial charge on any atom is 0.416 e. The Hall–Kier alpha value is -3.61. The highest BCUT2D eigenvalue weighted by Crippen LogP contribution is 2.33. The number of nitrogens with one attached hydrogen (secondary N) is 1. The summed E-state index contributed by atoms with van der Waals surface area (Å²) in [7, 11) is 0. The fourth-order valence-electron chi connectivity index (χ4n) is 4.98. The number of pyridine rings is 1. The molecule has 4 nitrogen and oxygen atoms in total. The number of amides is 1. The highest BCUT2D eigenvalue weighted by Gasteiger charge is 2.30. The number of rotatable bonds is 6. The van der Waals surface area contributed by atoms with Crippen LogP contribution in [0.1, 0.15) is 49.8 Å². The number of carbonyl (C=O) groups excluding carboxylic acids is 1. The molecule has 1 fully saturated rings. The summed E-state index contributed by atoms with van der Waals surface area (Å²) in [5.74, 6) is 0.0184. The molecule has 0 spiro atoms. The highest BCUT2D eigenvalue weighted by atomic mass is 19.4. The Morgan fingerprint density at radius 1 is 0.917 bits per heavy atom. The van der Waals surface area contributed by atoms with E-state index in [1.165, 1.54) is 12.5 Å². The lowest BCUT2D eigenvalue weighted by molar-refractivity contribution is -0.137. The van der Waals surface area contributed by atoms with E-state index in [1.807, 2.05) is 47.0 Å². The lowest BCUT2D eigenvalue weighted by Crippen LogP contribution is -2.36. The predicted molar refractivity (Wildman–Crippen MR) is 134 cm³/mol. The number of hydrogen-bond donors (Lipinski definition) is 1. The van der Waals surface area contributed by atoms with Crippen LogP contribution in [0.4, 0.5) is 13.2 Å². The second-order valence-electron chi connectivity index (χ2n) is 9.40. The van der Waals surface area contributed by atoms with Crippen LogP contribution in [-0.4, -0.2) is 21.3 Å². The van der Waals surface area contributed by atoms with Crippen LogP contribution in [0.5, 0.6) is 0 Å². The van der Waals surface area contributed by atoms with E-state index >= 15 is 0 Å². The van der Waals surface area contributed by atoms with Crippen LogP contribution >= 0.6 is 0 Å². The number of halogens is 3. The van der Waals surface area contributed by atoms with Gasteiger partial charge in [-0.15, -0.1) is 0 Å². The lowest BCUT2D eigenvalue weighted by atomic mass is 9.95. The molecule has 2 aromatic heterocycles. The Balaban J connectivity index is 1.49. The van der Waals surface area contributed by atoms with Gasteiger partial charge in [-0.25, -0.2) is 4.98 Å². The van der Waals surface area contributed by atoms with Crippen LogP contribution in [0.25, 0.3) is 28.0 Å². The van der Waals surface area contributed by atoms with E-state index in [2.05, 4.69) is 5.32 Å². The Labute approximate surface area is 208 Å². The van der Waals surface area contributed by atoms with Gasteiger partial charge in [0.25, 0.3) is 0 Å². The van der Waals surface area contributed by atoms with Crippen molar-refractivity contribution in [2.45, 2.75) is 57.2 Å². The summed E-state index contributed by atoms with van der Waals surface area (Å²) in [6, 6.07) is 18.9. The molecule has 0 aliphatic heterocycles. The van der Waals surface area contributed by atoms with Crippen LogP contribution in [0.15, 0.2) is 72.9 Å². The van der Waals surface area contributed by atoms with Crippen molar-refractivity contribution in [1.82, 2.24) is 14.7 Å².